The molecular formula is C20H17N3O. The molecule has 118 valence electrons. The first-order chi connectivity index (χ1) is 11.7. The van der Waals surface area contributed by atoms with E-state index < -0.39 is 5.91 Å². The third kappa shape index (κ3) is 2.52. The van der Waals surface area contributed by atoms with E-state index in [-0.39, 0.29) is 0 Å². The number of carbonyl (C=O) groups is 1. The smallest absolute Gasteiger partial charge is 0.250 e. The molecule has 1 aromatic heterocycles. The molecule has 0 fully saturated rings. The van der Waals surface area contributed by atoms with Gasteiger partial charge in [-0.05, 0) is 34.9 Å². The summed E-state index contributed by atoms with van der Waals surface area (Å²) in [5, 5.41) is 2.52. The average molecular weight is 315 g/mol. The number of aryl methyl sites for hydroxylation is 2. The van der Waals surface area contributed by atoms with Crippen molar-refractivity contribution in [3.05, 3.63) is 77.6 Å². The van der Waals surface area contributed by atoms with E-state index in [2.05, 4.69) is 52.4 Å². The van der Waals surface area contributed by atoms with Gasteiger partial charge in [0.1, 0.15) is 11.3 Å². The molecule has 0 aliphatic rings. The van der Waals surface area contributed by atoms with Crippen LogP contribution in [0.25, 0.3) is 21.8 Å². The minimum atomic E-state index is -0.451. The summed E-state index contributed by atoms with van der Waals surface area (Å²) in [7, 11) is 0. The number of primary amides is 1. The molecule has 4 heteroatoms. The fourth-order valence-electron chi connectivity index (χ4n) is 3.16. The second-order valence-corrected chi connectivity index (χ2v) is 5.89. The van der Waals surface area contributed by atoms with E-state index in [9.17, 15) is 4.79 Å². The topological polar surface area (TPSA) is 71.8 Å². The highest BCUT2D eigenvalue weighted by molar-refractivity contribution is 6.04. The predicted octanol–water partition coefficient (Wildman–Crippen LogP) is 3.60. The lowest BCUT2D eigenvalue weighted by Gasteiger charge is -2.05. The van der Waals surface area contributed by atoms with Crippen molar-refractivity contribution >= 4 is 27.7 Å². The van der Waals surface area contributed by atoms with E-state index in [1.54, 1.807) is 6.07 Å². The first-order valence-electron chi connectivity index (χ1n) is 7.96. The van der Waals surface area contributed by atoms with Crippen LogP contribution in [0.5, 0.6) is 0 Å². The number of imidazole rings is 1. The van der Waals surface area contributed by atoms with E-state index in [4.69, 9.17) is 5.73 Å². The van der Waals surface area contributed by atoms with Gasteiger partial charge < -0.3 is 10.7 Å². The number of hydrogen-bond acceptors (Lipinski definition) is 2. The van der Waals surface area contributed by atoms with Gasteiger partial charge in [0.05, 0.1) is 11.1 Å². The number of nitrogens with two attached hydrogens (primary N) is 1. The molecule has 0 atom stereocenters. The van der Waals surface area contributed by atoms with E-state index in [0.717, 1.165) is 24.2 Å². The third-order valence-corrected chi connectivity index (χ3v) is 4.34. The van der Waals surface area contributed by atoms with Gasteiger partial charge in [-0.2, -0.15) is 0 Å². The molecule has 1 amide bonds. The molecule has 1 heterocycles. The molecule has 0 aliphatic carbocycles. The number of benzene rings is 3. The number of aromatic amines is 1. The average Bonchev–Trinajstić information content (AvgIpc) is 3.02. The van der Waals surface area contributed by atoms with Gasteiger partial charge in [0.25, 0.3) is 5.91 Å². The fraction of sp³-hybridized carbons (Fsp3) is 0.100. The number of hydrogen-bond donors (Lipinski definition) is 2. The second-order valence-electron chi connectivity index (χ2n) is 5.89. The Bertz CT molecular complexity index is 1040. The Morgan fingerprint density at radius 2 is 1.75 bits per heavy atom. The predicted molar refractivity (Wildman–Crippen MR) is 96.0 cm³/mol. The zero-order chi connectivity index (χ0) is 16.5. The number of aromatic nitrogens is 2. The maximum Gasteiger partial charge on any atom is 0.250 e. The minimum Gasteiger partial charge on any atom is -0.366 e. The molecule has 0 aliphatic heterocycles. The Morgan fingerprint density at radius 3 is 2.62 bits per heavy atom. The first kappa shape index (κ1) is 14.5. The highest BCUT2D eigenvalue weighted by Crippen LogP contribution is 2.21. The van der Waals surface area contributed by atoms with Crippen LogP contribution in [0.2, 0.25) is 0 Å². The summed E-state index contributed by atoms with van der Waals surface area (Å²) in [5.74, 6) is 0.416. The van der Waals surface area contributed by atoms with Gasteiger partial charge in [-0.3, -0.25) is 4.79 Å². The van der Waals surface area contributed by atoms with Crippen LogP contribution < -0.4 is 5.73 Å². The number of amides is 1. The van der Waals surface area contributed by atoms with Gasteiger partial charge in [0.2, 0.25) is 0 Å². The van der Waals surface area contributed by atoms with Crippen molar-refractivity contribution in [1.29, 1.82) is 0 Å². The summed E-state index contributed by atoms with van der Waals surface area (Å²) in [5.41, 5.74) is 8.67. The molecule has 0 spiro atoms. The number of para-hydroxylation sites is 1. The van der Waals surface area contributed by atoms with E-state index in [1.807, 2.05) is 12.1 Å². The molecule has 0 bridgehead atoms. The lowest BCUT2D eigenvalue weighted by molar-refractivity contribution is 0.100. The van der Waals surface area contributed by atoms with E-state index in [0.29, 0.717) is 11.1 Å². The Hall–Kier alpha value is -3.14. The molecule has 0 saturated heterocycles. The van der Waals surface area contributed by atoms with Crippen LogP contribution in [-0.4, -0.2) is 15.9 Å². The van der Waals surface area contributed by atoms with E-state index >= 15 is 0 Å². The van der Waals surface area contributed by atoms with Gasteiger partial charge in [-0.1, -0.05) is 48.5 Å². The molecule has 4 rings (SSSR count). The number of H-pyrrole nitrogens is 1. The number of nitrogens with one attached hydrogen (secondary N) is 1. The number of fused-ring (bicyclic) bond motifs is 2. The maximum atomic E-state index is 11.5. The third-order valence-electron chi connectivity index (χ3n) is 4.34. The summed E-state index contributed by atoms with van der Waals surface area (Å²) in [6.07, 6.45) is 1.66. The van der Waals surface area contributed by atoms with Crippen molar-refractivity contribution in [1.82, 2.24) is 9.97 Å². The van der Waals surface area contributed by atoms with Crippen molar-refractivity contribution in [2.24, 2.45) is 5.73 Å². The van der Waals surface area contributed by atoms with Crippen molar-refractivity contribution in [2.75, 3.05) is 0 Å². The first-order valence-corrected chi connectivity index (χ1v) is 7.96. The van der Waals surface area contributed by atoms with Gasteiger partial charge >= 0.3 is 0 Å². The van der Waals surface area contributed by atoms with Gasteiger partial charge in [0.15, 0.2) is 0 Å². The number of rotatable bonds is 4. The summed E-state index contributed by atoms with van der Waals surface area (Å²) in [6.45, 7) is 0. The van der Waals surface area contributed by atoms with Crippen LogP contribution in [0, 0.1) is 0 Å². The van der Waals surface area contributed by atoms with Gasteiger partial charge in [-0.15, -0.1) is 0 Å². The molecular weight excluding hydrogens is 298 g/mol. The van der Waals surface area contributed by atoms with Crippen LogP contribution in [0.4, 0.5) is 0 Å². The highest BCUT2D eigenvalue weighted by Gasteiger charge is 2.11. The normalized spacial score (nSPS) is 11.2. The van der Waals surface area contributed by atoms with Gasteiger partial charge in [-0.25, -0.2) is 4.98 Å². The summed E-state index contributed by atoms with van der Waals surface area (Å²) >= 11 is 0. The maximum absolute atomic E-state index is 11.5. The lowest BCUT2D eigenvalue weighted by Crippen LogP contribution is -2.11. The second kappa shape index (κ2) is 5.81. The van der Waals surface area contributed by atoms with Crippen LogP contribution >= 0.6 is 0 Å². The Balaban J connectivity index is 1.65. The van der Waals surface area contributed by atoms with Crippen LogP contribution in [-0.2, 0) is 12.8 Å². The standard InChI is InChI=1S/C20H17N3O/c21-20(24)16-9-4-10-17-19(16)23-18(22-17)12-11-14-7-3-6-13-5-1-2-8-15(13)14/h1-10H,11-12H2,(H2,21,24)(H,22,23). The van der Waals surface area contributed by atoms with Crippen LogP contribution in [0.3, 0.4) is 0 Å². The Labute approximate surface area is 139 Å². The van der Waals surface area contributed by atoms with Crippen molar-refractivity contribution < 1.29 is 4.79 Å². The molecule has 3 N–H and O–H groups in total. The summed E-state index contributed by atoms with van der Waals surface area (Å²) in [6, 6.07) is 20.2. The molecule has 3 aromatic carbocycles. The SMILES string of the molecule is NC(=O)c1cccc2[nH]c(CCc3cccc4ccccc34)nc12. The number of nitrogens with zero attached hydrogens (tertiary/aromatic N) is 1. The molecule has 24 heavy (non-hydrogen) atoms. The quantitative estimate of drug-likeness (QED) is 0.604. The molecule has 0 unspecified atom stereocenters. The molecule has 4 nitrogen and oxygen atoms in total. The van der Waals surface area contributed by atoms with Crippen molar-refractivity contribution in [3.63, 3.8) is 0 Å². The lowest BCUT2D eigenvalue weighted by atomic mass is 10.0. The summed E-state index contributed by atoms with van der Waals surface area (Å²) in [4.78, 5) is 19.4. The van der Waals surface area contributed by atoms with Gasteiger partial charge in [0, 0.05) is 6.42 Å². The molecule has 4 aromatic rings. The summed E-state index contributed by atoms with van der Waals surface area (Å²) < 4.78 is 0. The molecule has 0 radical (unpaired) electrons. The minimum absolute atomic E-state index is 0.451. The fourth-order valence-corrected chi connectivity index (χ4v) is 3.16. The largest absolute Gasteiger partial charge is 0.366 e. The van der Waals surface area contributed by atoms with Crippen molar-refractivity contribution in [3.8, 4) is 0 Å². The van der Waals surface area contributed by atoms with Crippen LogP contribution in [0.15, 0.2) is 60.7 Å². The Morgan fingerprint density at radius 1 is 0.958 bits per heavy atom. The van der Waals surface area contributed by atoms with Crippen LogP contribution in [0.1, 0.15) is 21.7 Å². The van der Waals surface area contributed by atoms with Crippen molar-refractivity contribution in [2.45, 2.75) is 12.8 Å². The zero-order valence-corrected chi connectivity index (χ0v) is 13.1. The molecule has 0 saturated carbocycles. The van der Waals surface area contributed by atoms with E-state index in [1.165, 1.54) is 16.3 Å². The monoisotopic (exact) mass is 315 g/mol. The number of carbonyl (C=O) groups excluding carboxylic acids is 1. The highest BCUT2D eigenvalue weighted by atomic mass is 16.1. The zero-order valence-electron chi connectivity index (χ0n) is 13.1. The Kier molecular flexibility index (Phi) is 3.50.